The van der Waals surface area contributed by atoms with Crippen molar-refractivity contribution in [3.63, 3.8) is 0 Å². The molecule has 13 heteroatoms. The molecule has 154 valence electrons. The number of amides is 2. The Morgan fingerprint density at radius 3 is 2.43 bits per heavy atom. The molecule has 6 N–H and O–H groups in total. The summed E-state index contributed by atoms with van der Waals surface area (Å²) in [7, 11) is 0. The van der Waals surface area contributed by atoms with E-state index in [1.807, 2.05) is 0 Å². The van der Waals surface area contributed by atoms with Crippen molar-refractivity contribution in [1.29, 1.82) is 0 Å². The number of aromatic nitrogens is 1. The average molecular weight is 422 g/mol. The van der Waals surface area contributed by atoms with Crippen molar-refractivity contribution in [2.24, 2.45) is 11.5 Å². The number of halogens is 3. The van der Waals surface area contributed by atoms with Crippen LogP contribution in [0.1, 0.15) is 25.9 Å². The van der Waals surface area contributed by atoms with Crippen LogP contribution >= 0.6 is 11.3 Å². The second kappa shape index (κ2) is 9.85. The number of rotatable bonds is 6. The molecule has 0 spiro atoms. The lowest BCUT2D eigenvalue weighted by atomic mass is 10.1. The van der Waals surface area contributed by atoms with Gasteiger partial charge in [-0.05, 0) is 25.0 Å². The Balaban J connectivity index is 0.000000480. The third-order valence-electron chi connectivity index (χ3n) is 3.09. The average Bonchev–Trinajstić information content (AvgIpc) is 3.21. The van der Waals surface area contributed by atoms with Crippen LogP contribution in [0.25, 0.3) is 0 Å². The van der Waals surface area contributed by atoms with Gasteiger partial charge in [0.2, 0.25) is 5.91 Å². The fourth-order valence-corrected chi connectivity index (χ4v) is 2.66. The SMILES string of the molecule is Cc1nc(CNC(=O)C(N)Cc2ccoc2)sc1C(N)=O.O=C(O)C(F)(F)F. The van der Waals surface area contributed by atoms with Gasteiger partial charge in [0.15, 0.2) is 0 Å². The van der Waals surface area contributed by atoms with Crippen LogP contribution in [0.5, 0.6) is 0 Å². The lowest BCUT2D eigenvalue weighted by Crippen LogP contribution is -2.41. The van der Waals surface area contributed by atoms with Gasteiger partial charge < -0.3 is 26.3 Å². The first-order valence-corrected chi connectivity index (χ1v) is 8.34. The van der Waals surface area contributed by atoms with E-state index in [-0.39, 0.29) is 12.5 Å². The summed E-state index contributed by atoms with van der Waals surface area (Å²) >= 11 is 1.17. The highest BCUT2D eigenvalue weighted by atomic mass is 32.1. The van der Waals surface area contributed by atoms with Crippen molar-refractivity contribution >= 4 is 29.1 Å². The van der Waals surface area contributed by atoms with Crippen LogP contribution in [0.15, 0.2) is 23.0 Å². The molecule has 2 aromatic rings. The molecule has 0 fully saturated rings. The molecule has 1 unspecified atom stereocenters. The highest BCUT2D eigenvalue weighted by Crippen LogP contribution is 2.17. The molecule has 2 amide bonds. The number of nitrogens with zero attached hydrogens (tertiary/aromatic N) is 1. The van der Waals surface area contributed by atoms with Crippen molar-refractivity contribution in [3.8, 4) is 0 Å². The molecule has 1 atom stereocenters. The number of alkyl halides is 3. The van der Waals surface area contributed by atoms with Gasteiger partial charge >= 0.3 is 12.1 Å². The number of furan rings is 1. The quantitative estimate of drug-likeness (QED) is 0.539. The molecular formula is C15H17F3N4O5S. The van der Waals surface area contributed by atoms with Gasteiger partial charge in [0.1, 0.15) is 9.88 Å². The molecule has 0 saturated carbocycles. The number of thiazole rings is 1. The number of primary amides is 1. The Morgan fingerprint density at radius 1 is 1.39 bits per heavy atom. The first-order chi connectivity index (χ1) is 12.9. The largest absolute Gasteiger partial charge is 0.490 e. The van der Waals surface area contributed by atoms with Gasteiger partial charge in [0, 0.05) is 0 Å². The Hall–Kier alpha value is -2.93. The number of nitrogens with two attached hydrogens (primary N) is 2. The molecule has 9 nitrogen and oxygen atoms in total. The smallest absolute Gasteiger partial charge is 0.475 e. The molecule has 2 rings (SSSR count). The van der Waals surface area contributed by atoms with E-state index < -0.39 is 24.1 Å². The summed E-state index contributed by atoms with van der Waals surface area (Å²) in [4.78, 5) is 36.5. The zero-order valence-corrected chi connectivity index (χ0v) is 15.3. The third kappa shape index (κ3) is 7.36. The molecule has 0 aliphatic carbocycles. The number of aliphatic carboxylic acids is 1. The number of hydrogen-bond acceptors (Lipinski definition) is 7. The summed E-state index contributed by atoms with van der Waals surface area (Å²) in [5.41, 5.74) is 12.5. The maximum absolute atomic E-state index is 11.9. The monoisotopic (exact) mass is 422 g/mol. The first kappa shape index (κ1) is 23.1. The predicted molar refractivity (Wildman–Crippen MR) is 91.3 cm³/mol. The zero-order valence-electron chi connectivity index (χ0n) is 14.4. The number of carbonyl (C=O) groups is 3. The normalized spacial score (nSPS) is 11.9. The Kier molecular flexibility index (Phi) is 8.13. The minimum atomic E-state index is -5.08. The van der Waals surface area contributed by atoms with Crippen LogP contribution in [-0.4, -0.2) is 40.1 Å². The van der Waals surface area contributed by atoms with Gasteiger partial charge in [0.05, 0.1) is 30.8 Å². The molecular weight excluding hydrogens is 405 g/mol. The number of nitrogens with one attached hydrogen (secondary N) is 1. The third-order valence-corrected chi connectivity index (χ3v) is 4.27. The summed E-state index contributed by atoms with van der Waals surface area (Å²) in [5, 5.41) is 10.4. The van der Waals surface area contributed by atoms with Crippen LogP contribution in [0.2, 0.25) is 0 Å². The molecule has 0 aromatic carbocycles. The summed E-state index contributed by atoms with van der Waals surface area (Å²) in [6, 6.07) is 1.09. The van der Waals surface area contributed by atoms with E-state index in [1.54, 1.807) is 19.3 Å². The van der Waals surface area contributed by atoms with E-state index in [1.165, 1.54) is 17.6 Å². The second-order valence-electron chi connectivity index (χ2n) is 5.35. The van der Waals surface area contributed by atoms with Gasteiger partial charge in [0.25, 0.3) is 5.91 Å². The fraction of sp³-hybridized carbons (Fsp3) is 0.333. The summed E-state index contributed by atoms with van der Waals surface area (Å²) < 4.78 is 36.7. The van der Waals surface area contributed by atoms with E-state index in [0.29, 0.717) is 22.0 Å². The number of carboxylic acids is 1. The maximum Gasteiger partial charge on any atom is 0.490 e. The molecule has 0 aliphatic rings. The zero-order chi connectivity index (χ0) is 21.5. The fourth-order valence-electron chi connectivity index (χ4n) is 1.81. The molecule has 2 aromatic heterocycles. The van der Waals surface area contributed by atoms with E-state index in [9.17, 15) is 22.8 Å². The molecule has 28 heavy (non-hydrogen) atoms. The molecule has 0 bridgehead atoms. The van der Waals surface area contributed by atoms with Gasteiger partial charge in [-0.15, -0.1) is 11.3 Å². The van der Waals surface area contributed by atoms with E-state index in [4.69, 9.17) is 25.8 Å². The van der Waals surface area contributed by atoms with Gasteiger partial charge in [-0.25, -0.2) is 9.78 Å². The topological polar surface area (TPSA) is 162 Å². The van der Waals surface area contributed by atoms with E-state index in [0.717, 1.165) is 5.56 Å². The summed E-state index contributed by atoms with van der Waals surface area (Å²) in [6.45, 7) is 1.92. The second-order valence-corrected chi connectivity index (χ2v) is 6.43. The van der Waals surface area contributed by atoms with Crippen LogP contribution < -0.4 is 16.8 Å². The molecule has 0 radical (unpaired) electrons. The van der Waals surface area contributed by atoms with Gasteiger partial charge in [-0.1, -0.05) is 0 Å². The summed E-state index contributed by atoms with van der Waals surface area (Å²) in [6.07, 6.45) is -1.61. The Morgan fingerprint density at radius 2 is 2.00 bits per heavy atom. The van der Waals surface area contributed by atoms with Crippen LogP contribution in [-0.2, 0) is 22.6 Å². The summed E-state index contributed by atoms with van der Waals surface area (Å²) in [5.74, 6) is -3.56. The van der Waals surface area contributed by atoms with Gasteiger partial charge in [-0.3, -0.25) is 9.59 Å². The van der Waals surface area contributed by atoms with Crippen molar-refractivity contribution in [1.82, 2.24) is 10.3 Å². The van der Waals surface area contributed by atoms with Crippen LogP contribution in [0.4, 0.5) is 13.2 Å². The highest BCUT2D eigenvalue weighted by Gasteiger charge is 2.38. The maximum atomic E-state index is 11.9. The predicted octanol–water partition coefficient (Wildman–Crippen LogP) is 0.963. The van der Waals surface area contributed by atoms with Crippen molar-refractivity contribution in [2.75, 3.05) is 0 Å². The highest BCUT2D eigenvalue weighted by molar-refractivity contribution is 7.13. The van der Waals surface area contributed by atoms with Crippen molar-refractivity contribution < 1.29 is 37.1 Å². The first-order valence-electron chi connectivity index (χ1n) is 7.52. The Bertz CT molecular complexity index is 820. The van der Waals surface area contributed by atoms with E-state index >= 15 is 0 Å². The lowest BCUT2D eigenvalue weighted by molar-refractivity contribution is -0.192. The van der Waals surface area contributed by atoms with Crippen molar-refractivity contribution in [3.05, 3.63) is 39.7 Å². The number of carbonyl (C=O) groups excluding carboxylic acids is 2. The molecule has 2 heterocycles. The minimum absolute atomic E-state index is 0.219. The number of hydrogen-bond donors (Lipinski definition) is 4. The van der Waals surface area contributed by atoms with Gasteiger partial charge in [-0.2, -0.15) is 13.2 Å². The number of carboxylic acid groups (broad SMARTS) is 1. The minimum Gasteiger partial charge on any atom is -0.475 e. The van der Waals surface area contributed by atoms with Crippen molar-refractivity contribution in [2.45, 2.75) is 32.1 Å². The standard InChI is InChI=1S/C13H16N4O3S.C2HF3O2/c1-7-11(12(15)18)21-10(17-7)5-16-13(19)9(14)4-8-2-3-20-6-8;3-2(4,5)1(6)7/h2-3,6,9H,4-5,14H2,1H3,(H2,15,18)(H,16,19);(H,6,7). The lowest BCUT2D eigenvalue weighted by Gasteiger charge is -2.10. The number of aryl methyl sites for hydroxylation is 1. The molecule has 0 aliphatic heterocycles. The molecule has 0 saturated heterocycles. The van der Waals surface area contributed by atoms with Crippen LogP contribution in [0, 0.1) is 6.92 Å². The van der Waals surface area contributed by atoms with Crippen LogP contribution in [0.3, 0.4) is 0 Å². The van der Waals surface area contributed by atoms with E-state index in [2.05, 4.69) is 10.3 Å². The Labute approximate surface area is 160 Å².